The maximum Gasteiger partial charge on any atom is 0.328 e. The minimum Gasteiger partial charge on any atom is -0.491 e. The summed E-state index contributed by atoms with van der Waals surface area (Å²) in [6.07, 6.45) is 1.49. The van der Waals surface area contributed by atoms with Crippen molar-refractivity contribution in [1.82, 2.24) is 10.6 Å². The van der Waals surface area contributed by atoms with E-state index >= 15 is 0 Å². The van der Waals surface area contributed by atoms with Gasteiger partial charge in [-0.1, -0.05) is 24.3 Å². The van der Waals surface area contributed by atoms with Gasteiger partial charge in [0.1, 0.15) is 49.5 Å². The molecular weight excluding hydrogens is 572 g/mol. The van der Waals surface area contributed by atoms with Gasteiger partial charge in [0.25, 0.3) is 0 Å². The van der Waals surface area contributed by atoms with Crippen LogP contribution in [0.4, 0.5) is 0 Å². The van der Waals surface area contributed by atoms with Gasteiger partial charge in [-0.3, -0.25) is 9.59 Å². The summed E-state index contributed by atoms with van der Waals surface area (Å²) in [7, 11) is 0. The Morgan fingerprint density at radius 3 is 1.32 bits per heavy atom. The van der Waals surface area contributed by atoms with Crippen molar-refractivity contribution in [2.75, 3.05) is 26.3 Å². The molecule has 0 amide bonds. The lowest BCUT2D eigenvalue weighted by Crippen LogP contribution is -2.42. The van der Waals surface area contributed by atoms with Crippen LogP contribution in [0.25, 0.3) is 0 Å². The maximum atomic E-state index is 10.6. The van der Waals surface area contributed by atoms with Gasteiger partial charge in [0.15, 0.2) is 0 Å². The van der Waals surface area contributed by atoms with E-state index in [0.717, 1.165) is 12.6 Å². The van der Waals surface area contributed by atoms with Gasteiger partial charge in [0.2, 0.25) is 0 Å². The van der Waals surface area contributed by atoms with Crippen LogP contribution in [0, 0.1) is 0 Å². The molecule has 0 spiro atoms. The number of hydrogen-bond acceptors (Lipinski definition) is 10. The number of benzene rings is 2. The van der Waals surface area contributed by atoms with E-state index in [1.54, 1.807) is 48.5 Å². The van der Waals surface area contributed by atoms with Crippen molar-refractivity contribution < 1.29 is 49.1 Å². The van der Waals surface area contributed by atoms with Crippen LogP contribution in [0.3, 0.4) is 0 Å². The second kappa shape index (κ2) is 20.7. The Kier molecular flexibility index (Phi) is 18.8. The Bertz CT molecular complexity index is 1090. The van der Waals surface area contributed by atoms with Crippen molar-refractivity contribution >= 4 is 24.5 Å². The molecule has 0 saturated carbocycles. The second-order valence-electron chi connectivity index (χ2n) is 11.6. The fourth-order valence-electron chi connectivity index (χ4n) is 2.85. The zero-order valence-electron chi connectivity index (χ0n) is 26.1. The number of carboxylic acid groups (broad SMARTS) is 2. The van der Waals surface area contributed by atoms with Crippen LogP contribution in [0.1, 0.15) is 62.3 Å². The second-order valence-corrected chi connectivity index (χ2v) is 11.6. The zero-order chi connectivity index (χ0) is 33.8. The summed E-state index contributed by atoms with van der Waals surface area (Å²) in [5.74, 6) is -1.33. The number of nitrogens with one attached hydrogen (secondary N) is 2. The van der Waals surface area contributed by atoms with E-state index in [4.69, 9.17) is 19.7 Å². The van der Waals surface area contributed by atoms with Crippen molar-refractivity contribution in [2.45, 2.75) is 64.8 Å². The highest BCUT2D eigenvalue weighted by molar-refractivity contribution is 5.89. The summed E-state index contributed by atoms with van der Waals surface area (Å²) in [5.41, 5.74) is 1.07. The number of carboxylic acids is 2. The minimum absolute atomic E-state index is 0.0294. The molecule has 2 unspecified atom stereocenters. The highest BCUT2D eigenvalue weighted by Crippen LogP contribution is 2.13. The monoisotopic (exact) mass is 618 g/mol. The van der Waals surface area contributed by atoms with Crippen molar-refractivity contribution in [3.05, 3.63) is 71.8 Å². The smallest absolute Gasteiger partial charge is 0.328 e. The van der Waals surface area contributed by atoms with E-state index in [-0.39, 0.29) is 24.3 Å². The third kappa shape index (κ3) is 23.5. The van der Waals surface area contributed by atoms with Gasteiger partial charge >= 0.3 is 11.9 Å². The molecular formula is C32H46N2O10. The van der Waals surface area contributed by atoms with Crippen molar-refractivity contribution in [1.29, 1.82) is 0 Å². The number of carbonyl (C=O) groups excluding carboxylic acids is 2. The number of aliphatic carboxylic acids is 2. The fourth-order valence-corrected chi connectivity index (χ4v) is 2.85. The van der Waals surface area contributed by atoms with E-state index in [9.17, 15) is 29.4 Å². The molecule has 2 atom stereocenters. The van der Waals surface area contributed by atoms with Gasteiger partial charge < -0.3 is 40.5 Å². The Labute approximate surface area is 258 Å². The van der Waals surface area contributed by atoms with Gasteiger partial charge in [0.05, 0.1) is 0 Å². The predicted octanol–water partition coefficient (Wildman–Crippen LogP) is 2.97. The van der Waals surface area contributed by atoms with Gasteiger partial charge in [0, 0.05) is 47.4 Å². The van der Waals surface area contributed by atoms with E-state index in [1.165, 1.54) is 0 Å². The number of carbonyl (C=O) groups is 4. The highest BCUT2D eigenvalue weighted by Gasteiger charge is 2.13. The number of hydrogen-bond donors (Lipinski definition) is 6. The first kappa shape index (κ1) is 39.9. The average Bonchev–Trinajstić information content (AvgIpc) is 2.96. The lowest BCUT2D eigenvalue weighted by molar-refractivity contribution is -0.134. The molecule has 0 aliphatic carbocycles. The molecule has 0 heterocycles. The normalized spacial score (nSPS) is 12.5. The molecule has 0 aliphatic heterocycles. The number of aliphatic hydroxyl groups excluding tert-OH is 2. The number of rotatable bonds is 14. The fraction of sp³-hybridized carbons (Fsp3) is 0.438. The van der Waals surface area contributed by atoms with Crippen LogP contribution in [0.15, 0.2) is 60.7 Å². The van der Waals surface area contributed by atoms with E-state index in [1.807, 2.05) is 41.5 Å². The predicted molar refractivity (Wildman–Crippen MR) is 167 cm³/mol. The number of aldehydes is 2. The molecule has 0 saturated heterocycles. The SMILES string of the molecule is CC(C)(C)NCC(O)COc1cccc(C=O)c1.CC(C)(C)NCC(O)COc1cccc(C=O)c1.O=C(O)/C=C/C(=O)O. The third-order valence-corrected chi connectivity index (χ3v) is 4.98. The average molecular weight is 619 g/mol. The lowest BCUT2D eigenvalue weighted by Gasteiger charge is -2.23. The van der Waals surface area contributed by atoms with Crippen molar-refractivity contribution in [3.8, 4) is 11.5 Å². The topological polar surface area (TPSA) is 192 Å². The summed E-state index contributed by atoms with van der Waals surface area (Å²) >= 11 is 0. The molecule has 2 rings (SSSR count). The van der Waals surface area contributed by atoms with Crippen LogP contribution in [0.2, 0.25) is 0 Å². The van der Waals surface area contributed by atoms with Crippen LogP contribution in [-0.2, 0) is 9.59 Å². The third-order valence-electron chi connectivity index (χ3n) is 4.98. The molecule has 44 heavy (non-hydrogen) atoms. The van der Waals surface area contributed by atoms with Gasteiger partial charge in [-0.25, -0.2) is 9.59 Å². The Morgan fingerprint density at radius 1 is 0.705 bits per heavy atom. The first-order valence-corrected chi connectivity index (χ1v) is 13.8. The molecule has 0 aliphatic rings. The molecule has 244 valence electrons. The van der Waals surface area contributed by atoms with E-state index < -0.39 is 24.1 Å². The Morgan fingerprint density at radius 2 is 1.05 bits per heavy atom. The Balaban J connectivity index is 0.000000679. The number of aliphatic hydroxyl groups is 2. The first-order valence-electron chi connectivity index (χ1n) is 13.8. The van der Waals surface area contributed by atoms with Gasteiger partial charge in [-0.05, 0) is 65.8 Å². The largest absolute Gasteiger partial charge is 0.491 e. The molecule has 12 nitrogen and oxygen atoms in total. The van der Waals surface area contributed by atoms with Crippen LogP contribution in [0.5, 0.6) is 11.5 Å². The Hall–Kier alpha value is -4.10. The molecule has 2 aromatic rings. The summed E-state index contributed by atoms with van der Waals surface area (Å²) < 4.78 is 10.9. The van der Waals surface area contributed by atoms with E-state index in [0.29, 0.717) is 47.9 Å². The molecule has 0 fully saturated rings. The van der Waals surface area contributed by atoms with Crippen LogP contribution >= 0.6 is 0 Å². The molecule has 12 heteroatoms. The zero-order valence-corrected chi connectivity index (χ0v) is 26.1. The first-order chi connectivity index (χ1) is 20.4. The van der Waals surface area contributed by atoms with Crippen LogP contribution in [-0.4, -0.2) is 94.5 Å². The maximum absolute atomic E-state index is 10.6. The molecule has 2 aromatic carbocycles. The van der Waals surface area contributed by atoms with Crippen LogP contribution < -0.4 is 20.1 Å². The van der Waals surface area contributed by atoms with Gasteiger partial charge in [-0.2, -0.15) is 0 Å². The summed E-state index contributed by atoms with van der Waals surface area (Å²) in [4.78, 5) is 40.3. The van der Waals surface area contributed by atoms with Crippen molar-refractivity contribution in [2.24, 2.45) is 0 Å². The number of ether oxygens (including phenoxy) is 2. The summed E-state index contributed by atoms with van der Waals surface area (Å²) in [5, 5.41) is 41.5. The summed E-state index contributed by atoms with van der Waals surface area (Å²) in [6, 6.07) is 13.7. The highest BCUT2D eigenvalue weighted by atomic mass is 16.5. The van der Waals surface area contributed by atoms with E-state index in [2.05, 4.69) is 10.6 Å². The van der Waals surface area contributed by atoms with Gasteiger partial charge in [-0.15, -0.1) is 0 Å². The van der Waals surface area contributed by atoms with Crippen molar-refractivity contribution in [3.63, 3.8) is 0 Å². The molecule has 0 radical (unpaired) electrons. The quantitative estimate of drug-likeness (QED) is 0.134. The molecule has 0 bridgehead atoms. The minimum atomic E-state index is -1.26. The summed E-state index contributed by atoms with van der Waals surface area (Å²) in [6.45, 7) is 13.6. The lowest BCUT2D eigenvalue weighted by atomic mass is 10.1. The molecule has 0 aromatic heterocycles. The number of β-amino-alcohol motifs (C(OH)–C–C–N with tert-alkyl or cyclic N) is 2. The molecule has 6 N–H and O–H groups in total. The standard InChI is InChI=1S/2C14H21NO3.C4H4O4/c2*1-14(2,3)15-8-12(17)10-18-13-6-4-5-11(7-13)9-16;5-3(6)1-2-4(7)8/h2*4-7,9,12,15,17H,8,10H2,1-3H3;1-2H,(H,5,6)(H,7,8)/b;;2-1+.